The summed E-state index contributed by atoms with van der Waals surface area (Å²) < 4.78 is 12.0. The van der Waals surface area contributed by atoms with Crippen LogP contribution in [0.25, 0.3) is 17.4 Å². The number of carbonyl (C=O) groups is 1. The summed E-state index contributed by atoms with van der Waals surface area (Å²) in [6, 6.07) is 11.2. The maximum atomic E-state index is 12.7. The quantitative estimate of drug-likeness (QED) is 0.530. The number of rotatable bonds is 4. The first kappa shape index (κ1) is 17.8. The number of amides is 1. The summed E-state index contributed by atoms with van der Waals surface area (Å²) in [6.45, 7) is 1.28. The van der Waals surface area contributed by atoms with E-state index in [-0.39, 0.29) is 12.0 Å². The first-order chi connectivity index (χ1) is 12.6. The van der Waals surface area contributed by atoms with Gasteiger partial charge in [-0.2, -0.15) is 0 Å². The predicted molar refractivity (Wildman–Crippen MR) is 108 cm³/mol. The molecular formula is C19H16ClNO3S2. The lowest BCUT2D eigenvalue weighted by Gasteiger charge is -2.18. The fourth-order valence-electron chi connectivity index (χ4n) is 3.01. The van der Waals surface area contributed by atoms with Crippen molar-refractivity contribution in [1.29, 1.82) is 0 Å². The van der Waals surface area contributed by atoms with Gasteiger partial charge in [0.1, 0.15) is 15.8 Å². The maximum absolute atomic E-state index is 12.7. The highest BCUT2D eigenvalue weighted by Crippen LogP contribution is 2.34. The van der Waals surface area contributed by atoms with Gasteiger partial charge in [0, 0.05) is 23.3 Å². The van der Waals surface area contributed by atoms with Crippen LogP contribution >= 0.6 is 35.6 Å². The van der Waals surface area contributed by atoms with Crippen molar-refractivity contribution in [3.8, 4) is 11.3 Å². The van der Waals surface area contributed by atoms with Crippen LogP contribution in [-0.4, -0.2) is 34.4 Å². The molecular weight excluding hydrogens is 390 g/mol. The second kappa shape index (κ2) is 7.56. The Morgan fingerprint density at radius 2 is 2.23 bits per heavy atom. The molecule has 1 aromatic heterocycles. The molecule has 1 amide bonds. The van der Waals surface area contributed by atoms with Crippen LogP contribution in [0.5, 0.6) is 0 Å². The van der Waals surface area contributed by atoms with Crippen LogP contribution in [0, 0.1) is 0 Å². The Balaban J connectivity index is 1.51. The molecule has 1 aromatic carbocycles. The third kappa shape index (κ3) is 3.74. The molecule has 7 heteroatoms. The van der Waals surface area contributed by atoms with E-state index in [1.165, 1.54) is 11.8 Å². The van der Waals surface area contributed by atoms with Gasteiger partial charge in [0.15, 0.2) is 0 Å². The summed E-state index contributed by atoms with van der Waals surface area (Å²) in [7, 11) is 0. The fraction of sp³-hybridized carbons (Fsp3) is 0.263. The fourth-order valence-corrected chi connectivity index (χ4v) is 4.45. The third-order valence-corrected chi connectivity index (χ3v) is 5.91. The second-order valence-electron chi connectivity index (χ2n) is 6.14. The molecule has 3 heterocycles. The van der Waals surface area contributed by atoms with E-state index in [0.717, 1.165) is 25.0 Å². The zero-order valence-electron chi connectivity index (χ0n) is 13.8. The lowest BCUT2D eigenvalue weighted by molar-refractivity contribution is -0.123. The van der Waals surface area contributed by atoms with Crippen LogP contribution in [0.1, 0.15) is 18.6 Å². The van der Waals surface area contributed by atoms with Crippen LogP contribution in [0.15, 0.2) is 45.7 Å². The van der Waals surface area contributed by atoms with Crippen molar-refractivity contribution in [3.63, 3.8) is 0 Å². The Bertz CT molecular complexity index is 886. The van der Waals surface area contributed by atoms with Crippen molar-refractivity contribution in [1.82, 2.24) is 4.90 Å². The zero-order chi connectivity index (χ0) is 18.1. The Hall–Kier alpha value is -1.60. The number of thioether (sulfide) groups is 1. The van der Waals surface area contributed by atoms with E-state index in [2.05, 4.69) is 0 Å². The molecule has 2 aliphatic heterocycles. The van der Waals surface area contributed by atoms with Crippen molar-refractivity contribution >= 4 is 51.9 Å². The summed E-state index contributed by atoms with van der Waals surface area (Å²) in [5.41, 5.74) is 0.892. The minimum absolute atomic E-state index is 0.0786. The van der Waals surface area contributed by atoms with Crippen LogP contribution < -0.4 is 0 Å². The standard InChI is InChI=1S/C19H16ClNO3S2/c20-13-4-1-3-12(9-13)16-7-6-14(24-16)10-17-18(22)21(19(25)26-17)11-15-5-2-8-23-15/h1,3-4,6-7,9-10,15H,2,5,8,11H2/b17-10+/t15-/m0/s1. The molecule has 0 spiro atoms. The van der Waals surface area contributed by atoms with E-state index in [1.807, 2.05) is 36.4 Å². The van der Waals surface area contributed by atoms with Gasteiger partial charge in [-0.1, -0.05) is 47.7 Å². The number of carbonyl (C=O) groups excluding carboxylic acids is 1. The highest BCUT2D eigenvalue weighted by atomic mass is 35.5. The Kier molecular flexibility index (Phi) is 5.18. The number of furan rings is 1. The Morgan fingerprint density at radius 1 is 1.35 bits per heavy atom. The second-order valence-corrected chi connectivity index (χ2v) is 8.25. The van der Waals surface area contributed by atoms with Gasteiger partial charge in [-0.15, -0.1) is 0 Å². The molecule has 1 atom stereocenters. The van der Waals surface area contributed by atoms with E-state index in [4.69, 9.17) is 33.0 Å². The summed E-state index contributed by atoms with van der Waals surface area (Å²) in [6.07, 6.45) is 3.82. The number of benzene rings is 1. The molecule has 4 rings (SSSR count). The Labute approximate surface area is 166 Å². The summed E-state index contributed by atoms with van der Waals surface area (Å²) in [5, 5.41) is 0.649. The first-order valence-corrected chi connectivity index (χ1v) is 9.93. The van der Waals surface area contributed by atoms with E-state index >= 15 is 0 Å². The largest absolute Gasteiger partial charge is 0.457 e. The zero-order valence-corrected chi connectivity index (χ0v) is 16.2. The summed E-state index contributed by atoms with van der Waals surface area (Å²) >= 11 is 12.7. The highest BCUT2D eigenvalue weighted by molar-refractivity contribution is 8.26. The molecule has 0 saturated carbocycles. The number of nitrogens with zero attached hydrogens (tertiary/aromatic N) is 1. The molecule has 4 nitrogen and oxygen atoms in total. The average Bonchev–Trinajstić information content (AvgIpc) is 3.34. The maximum Gasteiger partial charge on any atom is 0.266 e. The number of ether oxygens (including phenoxy) is 1. The lowest BCUT2D eigenvalue weighted by atomic mass is 10.2. The lowest BCUT2D eigenvalue weighted by Crippen LogP contribution is -2.35. The van der Waals surface area contributed by atoms with E-state index < -0.39 is 0 Å². The van der Waals surface area contributed by atoms with E-state index in [0.29, 0.717) is 32.3 Å². The summed E-state index contributed by atoms with van der Waals surface area (Å²) in [5.74, 6) is 1.22. The number of thiocarbonyl (C=S) groups is 1. The predicted octanol–water partition coefficient (Wildman–Crippen LogP) is 4.98. The van der Waals surface area contributed by atoms with Crippen LogP contribution in [0.3, 0.4) is 0 Å². The molecule has 2 saturated heterocycles. The van der Waals surface area contributed by atoms with Gasteiger partial charge in [0.05, 0.1) is 17.6 Å². The number of hydrogen-bond donors (Lipinski definition) is 0. The molecule has 134 valence electrons. The molecule has 2 aliphatic rings. The van der Waals surface area contributed by atoms with Gasteiger partial charge >= 0.3 is 0 Å². The normalized spacial score (nSPS) is 22.0. The summed E-state index contributed by atoms with van der Waals surface area (Å²) in [4.78, 5) is 14.9. The van der Waals surface area contributed by atoms with Gasteiger partial charge in [-0.3, -0.25) is 9.69 Å². The van der Waals surface area contributed by atoms with Crippen molar-refractivity contribution < 1.29 is 13.9 Å². The minimum atomic E-state index is -0.0868. The monoisotopic (exact) mass is 405 g/mol. The van der Waals surface area contributed by atoms with Gasteiger partial charge in [0.25, 0.3) is 5.91 Å². The van der Waals surface area contributed by atoms with Gasteiger partial charge in [-0.25, -0.2) is 0 Å². The molecule has 2 aromatic rings. The molecule has 0 N–H and O–H groups in total. The molecule has 0 unspecified atom stereocenters. The van der Waals surface area contributed by atoms with Crippen molar-refractivity contribution in [2.45, 2.75) is 18.9 Å². The van der Waals surface area contributed by atoms with Crippen LogP contribution in [-0.2, 0) is 9.53 Å². The number of halogens is 1. The Morgan fingerprint density at radius 3 is 3.00 bits per heavy atom. The van der Waals surface area contributed by atoms with Crippen molar-refractivity contribution in [3.05, 3.63) is 52.1 Å². The molecule has 26 heavy (non-hydrogen) atoms. The van der Waals surface area contributed by atoms with E-state index in [9.17, 15) is 4.79 Å². The SMILES string of the molecule is O=C1/C(=C\c2ccc(-c3cccc(Cl)c3)o2)SC(=S)N1C[C@@H]1CCCO1. The first-order valence-electron chi connectivity index (χ1n) is 8.33. The minimum Gasteiger partial charge on any atom is -0.457 e. The van der Waals surface area contributed by atoms with Crippen LogP contribution in [0.4, 0.5) is 0 Å². The number of hydrogen-bond acceptors (Lipinski definition) is 5. The smallest absolute Gasteiger partial charge is 0.266 e. The molecule has 0 bridgehead atoms. The molecule has 2 fully saturated rings. The van der Waals surface area contributed by atoms with Gasteiger partial charge in [0.2, 0.25) is 0 Å². The van der Waals surface area contributed by atoms with Gasteiger partial charge in [-0.05, 0) is 37.1 Å². The average molecular weight is 406 g/mol. The van der Waals surface area contributed by atoms with Crippen molar-refractivity contribution in [2.24, 2.45) is 0 Å². The van der Waals surface area contributed by atoms with Crippen LogP contribution in [0.2, 0.25) is 5.02 Å². The topological polar surface area (TPSA) is 42.7 Å². The molecule has 0 aliphatic carbocycles. The highest BCUT2D eigenvalue weighted by Gasteiger charge is 2.34. The van der Waals surface area contributed by atoms with E-state index in [1.54, 1.807) is 11.0 Å². The molecule has 0 radical (unpaired) electrons. The van der Waals surface area contributed by atoms with Gasteiger partial charge < -0.3 is 9.15 Å². The third-order valence-electron chi connectivity index (χ3n) is 4.29. The van der Waals surface area contributed by atoms with Crippen molar-refractivity contribution in [2.75, 3.05) is 13.2 Å².